The van der Waals surface area contributed by atoms with E-state index >= 15 is 0 Å². The first-order valence-corrected chi connectivity index (χ1v) is 7.05. The lowest BCUT2D eigenvalue weighted by molar-refractivity contribution is 0.171. The fourth-order valence-corrected chi connectivity index (χ4v) is 2.60. The van der Waals surface area contributed by atoms with E-state index in [0.717, 1.165) is 16.9 Å². The largest absolute Gasteiger partial charge is 0.497 e. The molecule has 0 fully saturated rings. The molecule has 2 aromatic carbocycles. The molecule has 1 heterocycles. The summed E-state index contributed by atoms with van der Waals surface area (Å²) in [5, 5.41) is 0.564. The third-order valence-electron chi connectivity index (χ3n) is 3.45. The molecule has 5 heteroatoms. The first kappa shape index (κ1) is 14.0. The minimum atomic E-state index is -0.358. The van der Waals surface area contributed by atoms with E-state index in [1.165, 1.54) is 0 Å². The van der Waals surface area contributed by atoms with E-state index in [2.05, 4.69) is 0 Å². The van der Waals surface area contributed by atoms with E-state index in [0.29, 0.717) is 29.7 Å². The van der Waals surface area contributed by atoms with Crippen LogP contribution in [0.1, 0.15) is 17.2 Å². The maximum Gasteiger partial charge on any atom is 0.162 e. The van der Waals surface area contributed by atoms with Crippen LogP contribution >= 0.6 is 11.6 Å². The molecule has 0 bridgehead atoms. The van der Waals surface area contributed by atoms with Gasteiger partial charge in [0, 0.05) is 11.1 Å². The Morgan fingerprint density at radius 3 is 2.57 bits per heavy atom. The molecule has 0 amide bonds. The fraction of sp³-hybridized carbons (Fsp3) is 0.250. The monoisotopic (exact) mass is 305 g/mol. The summed E-state index contributed by atoms with van der Waals surface area (Å²) >= 11 is 6.33. The van der Waals surface area contributed by atoms with Crippen molar-refractivity contribution in [2.75, 3.05) is 20.3 Å². The van der Waals surface area contributed by atoms with Crippen LogP contribution in [0, 0.1) is 0 Å². The zero-order chi connectivity index (χ0) is 14.8. The van der Waals surface area contributed by atoms with Gasteiger partial charge in [-0.2, -0.15) is 0 Å². The first-order chi connectivity index (χ1) is 10.2. The van der Waals surface area contributed by atoms with Crippen LogP contribution in [0.3, 0.4) is 0 Å². The van der Waals surface area contributed by atoms with E-state index in [1.807, 2.05) is 30.3 Å². The Balaban J connectivity index is 1.98. The van der Waals surface area contributed by atoms with Gasteiger partial charge in [0.2, 0.25) is 0 Å². The van der Waals surface area contributed by atoms with Gasteiger partial charge < -0.3 is 19.9 Å². The Bertz CT molecular complexity index is 660. The van der Waals surface area contributed by atoms with Crippen LogP contribution in [-0.2, 0) is 0 Å². The van der Waals surface area contributed by atoms with Crippen molar-refractivity contribution in [3.8, 4) is 17.2 Å². The minimum absolute atomic E-state index is 0.358. The molecule has 1 unspecified atom stereocenters. The normalized spacial score (nSPS) is 14.6. The van der Waals surface area contributed by atoms with E-state index in [9.17, 15) is 0 Å². The second kappa shape index (κ2) is 5.84. The van der Waals surface area contributed by atoms with Crippen molar-refractivity contribution < 1.29 is 14.2 Å². The lowest BCUT2D eigenvalue weighted by Crippen LogP contribution is -2.17. The summed E-state index contributed by atoms with van der Waals surface area (Å²) in [6.45, 7) is 1.06. The molecule has 1 atom stereocenters. The Morgan fingerprint density at radius 2 is 1.86 bits per heavy atom. The second-order valence-corrected chi connectivity index (χ2v) is 5.18. The maximum absolute atomic E-state index is 6.34. The third kappa shape index (κ3) is 2.77. The van der Waals surface area contributed by atoms with Crippen molar-refractivity contribution in [2.24, 2.45) is 5.73 Å². The summed E-state index contributed by atoms with van der Waals surface area (Å²) in [6, 6.07) is 10.9. The van der Waals surface area contributed by atoms with Crippen molar-refractivity contribution in [1.82, 2.24) is 0 Å². The Morgan fingerprint density at radius 1 is 1.14 bits per heavy atom. The molecule has 0 aliphatic carbocycles. The molecule has 3 rings (SSSR count). The van der Waals surface area contributed by atoms with Gasteiger partial charge in [0.15, 0.2) is 11.5 Å². The van der Waals surface area contributed by atoms with Crippen LogP contribution in [0.25, 0.3) is 0 Å². The van der Waals surface area contributed by atoms with Gasteiger partial charge in [-0.05, 0) is 29.3 Å². The number of benzene rings is 2. The molecule has 0 saturated heterocycles. The molecular formula is C16H16ClNO3. The Labute approximate surface area is 128 Å². The Kier molecular flexibility index (Phi) is 3.90. The lowest BCUT2D eigenvalue weighted by atomic mass is 9.98. The van der Waals surface area contributed by atoms with Gasteiger partial charge >= 0.3 is 0 Å². The van der Waals surface area contributed by atoms with E-state index in [-0.39, 0.29) is 6.04 Å². The zero-order valence-electron chi connectivity index (χ0n) is 11.6. The Hall–Kier alpha value is -1.91. The van der Waals surface area contributed by atoms with Gasteiger partial charge in [0.1, 0.15) is 19.0 Å². The van der Waals surface area contributed by atoms with Crippen LogP contribution in [0.4, 0.5) is 0 Å². The van der Waals surface area contributed by atoms with Crippen LogP contribution in [0.5, 0.6) is 17.2 Å². The fourth-order valence-electron chi connectivity index (χ4n) is 2.33. The summed E-state index contributed by atoms with van der Waals surface area (Å²) in [6.07, 6.45) is 0. The van der Waals surface area contributed by atoms with Crippen LogP contribution < -0.4 is 19.9 Å². The smallest absolute Gasteiger partial charge is 0.162 e. The molecular weight excluding hydrogens is 290 g/mol. The van der Waals surface area contributed by atoms with Gasteiger partial charge in [-0.15, -0.1) is 0 Å². The highest BCUT2D eigenvalue weighted by molar-refractivity contribution is 6.31. The van der Waals surface area contributed by atoms with Gasteiger partial charge in [-0.3, -0.25) is 0 Å². The minimum Gasteiger partial charge on any atom is -0.497 e. The van der Waals surface area contributed by atoms with Crippen molar-refractivity contribution in [3.63, 3.8) is 0 Å². The lowest BCUT2D eigenvalue weighted by Gasteiger charge is -2.22. The number of hydrogen-bond donors (Lipinski definition) is 1. The second-order valence-electron chi connectivity index (χ2n) is 4.77. The van der Waals surface area contributed by atoms with E-state index in [4.69, 9.17) is 31.5 Å². The number of rotatable bonds is 3. The summed E-state index contributed by atoms with van der Waals surface area (Å²) in [7, 11) is 1.63. The number of ether oxygens (including phenoxy) is 3. The number of methoxy groups -OCH3 is 1. The molecule has 0 saturated carbocycles. The SMILES string of the molecule is COc1cccc(C(N)c2cc3c(cc2Cl)OCCO3)c1. The average Bonchev–Trinajstić information content (AvgIpc) is 2.53. The topological polar surface area (TPSA) is 53.7 Å². The van der Waals surface area contributed by atoms with Crippen molar-refractivity contribution >= 4 is 11.6 Å². The summed E-state index contributed by atoms with van der Waals surface area (Å²) in [5.41, 5.74) is 8.06. The van der Waals surface area contributed by atoms with Crippen molar-refractivity contribution in [2.45, 2.75) is 6.04 Å². The highest BCUT2D eigenvalue weighted by Gasteiger charge is 2.19. The molecule has 1 aliphatic heterocycles. The summed E-state index contributed by atoms with van der Waals surface area (Å²) in [5.74, 6) is 2.10. The quantitative estimate of drug-likeness (QED) is 0.946. The number of nitrogens with two attached hydrogens (primary N) is 1. The highest BCUT2D eigenvalue weighted by Crippen LogP contribution is 2.38. The zero-order valence-corrected chi connectivity index (χ0v) is 12.4. The van der Waals surface area contributed by atoms with Gasteiger partial charge in [0.05, 0.1) is 13.2 Å². The molecule has 0 radical (unpaired) electrons. The van der Waals surface area contributed by atoms with Gasteiger partial charge in [-0.1, -0.05) is 23.7 Å². The van der Waals surface area contributed by atoms with Crippen LogP contribution in [-0.4, -0.2) is 20.3 Å². The number of hydrogen-bond acceptors (Lipinski definition) is 4. The summed E-state index contributed by atoms with van der Waals surface area (Å²) in [4.78, 5) is 0. The van der Waals surface area contributed by atoms with E-state index < -0.39 is 0 Å². The highest BCUT2D eigenvalue weighted by atomic mass is 35.5. The molecule has 0 aromatic heterocycles. The molecule has 2 N–H and O–H groups in total. The predicted octanol–water partition coefficient (Wildman–Crippen LogP) is 3.17. The van der Waals surface area contributed by atoms with Crippen molar-refractivity contribution in [3.05, 3.63) is 52.5 Å². The molecule has 21 heavy (non-hydrogen) atoms. The molecule has 1 aliphatic rings. The predicted molar refractivity (Wildman–Crippen MR) is 81.5 cm³/mol. The van der Waals surface area contributed by atoms with Gasteiger partial charge in [0.25, 0.3) is 0 Å². The number of halogens is 1. The molecule has 0 spiro atoms. The standard InChI is InChI=1S/C16H16ClNO3/c1-19-11-4-2-3-10(7-11)16(18)12-8-14-15(9-13(12)17)21-6-5-20-14/h2-4,7-9,16H,5-6,18H2,1H3. The van der Waals surface area contributed by atoms with Crippen LogP contribution in [0.2, 0.25) is 5.02 Å². The maximum atomic E-state index is 6.34. The molecule has 4 nitrogen and oxygen atoms in total. The van der Waals surface area contributed by atoms with Gasteiger partial charge in [-0.25, -0.2) is 0 Å². The number of fused-ring (bicyclic) bond motifs is 1. The van der Waals surface area contributed by atoms with Crippen LogP contribution in [0.15, 0.2) is 36.4 Å². The molecule has 110 valence electrons. The van der Waals surface area contributed by atoms with Crippen molar-refractivity contribution in [1.29, 1.82) is 0 Å². The van der Waals surface area contributed by atoms with E-state index in [1.54, 1.807) is 13.2 Å². The first-order valence-electron chi connectivity index (χ1n) is 6.67. The third-order valence-corrected chi connectivity index (χ3v) is 3.78. The summed E-state index contributed by atoms with van der Waals surface area (Å²) < 4.78 is 16.3. The molecule has 2 aromatic rings. The average molecular weight is 306 g/mol.